The molecule has 2 N–H and O–H groups in total. The number of nitrogens with one attached hydrogen (secondary N) is 1. The smallest absolute Gasteiger partial charge is 0.307 e. The van der Waals surface area contributed by atoms with Gasteiger partial charge in [-0.2, -0.15) is 0 Å². The minimum atomic E-state index is -0.877. The van der Waals surface area contributed by atoms with E-state index in [9.17, 15) is 14.7 Å². The third-order valence-electron chi connectivity index (χ3n) is 3.83. The summed E-state index contributed by atoms with van der Waals surface area (Å²) in [7, 11) is 0. The number of carboxylic acids is 1. The summed E-state index contributed by atoms with van der Waals surface area (Å²) in [6.07, 6.45) is 1.20. The zero-order chi connectivity index (χ0) is 14.9. The molecule has 108 valence electrons. The van der Waals surface area contributed by atoms with Crippen molar-refractivity contribution in [2.24, 2.45) is 17.8 Å². The fraction of sp³-hybridized carbons (Fsp3) is 0.467. The fourth-order valence-corrected chi connectivity index (χ4v) is 3.39. The molecule has 0 saturated heterocycles. The predicted octanol–water partition coefficient (Wildman–Crippen LogP) is 3.44. The van der Waals surface area contributed by atoms with Gasteiger partial charge in [0.05, 0.1) is 17.5 Å². The molecule has 3 unspecified atom stereocenters. The van der Waals surface area contributed by atoms with Gasteiger partial charge in [0.15, 0.2) is 0 Å². The molecule has 1 fully saturated rings. The number of carbonyl (C=O) groups is 2. The van der Waals surface area contributed by atoms with Gasteiger partial charge in [-0.15, -0.1) is 0 Å². The molecule has 0 aromatic heterocycles. The maximum atomic E-state index is 12.3. The van der Waals surface area contributed by atoms with Gasteiger partial charge in [-0.1, -0.05) is 13.0 Å². The van der Waals surface area contributed by atoms with Crippen LogP contribution in [0.5, 0.6) is 0 Å². The molecule has 1 amide bonds. The quantitative estimate of drug-likeness (QED) is 0.886. The summed E-state index contributed by atoms with van der Waals surface area (Å²) >= 11 is 3.41. The highest BCUT2D eigenvalue weighted by molar-refractivity contribution is 9.10. The van der Waals surface area contributed by atoms with Gasteiger partial charge in [0.2, 0.25) is 5.91 Å². The van der Waals surface area contributed by atoms with E-state index in [1.807, 2.05) is 32.0 Å². The van der Waals surface area contributed by atoms with E-state index in [0.717, 1.165) is 10.0 Å². The van der Waals surface area contributed by atoms with Crippen LogP contribution in [0.25, 0.3) is 0 Å². The fourth-order valence-electron chi connectivity index (χ4n) is 2.80. The van der Waals surface area contributed by atoms with Crippen molar-refractivity contribution in [2.45, 2.75) is 26.7 Å². The van der Waals surface area contributed by atoms with E-state index in [4.69, 9.17) is 0 Å². The molecular weight excluding hydrogens is 322 g/mol. The van der Waals surface area contributed by atoms with Crippen LogP contribution in [0, 0.1) is 24.7 Å². The summed E-state index contributed by atoms with van der Waals surface area (Å²) in [6.45, 7) is 3.96. The summed E-state index contributed by atoms with van der Waals surface area (Å²) in [5.41, 5.74) is 1.78. The van der Waals surface area contributed by atoms with Crippen molar-refractivity contribution in [3.8, 4) is 0 Å². The number of halogens is 1. The average molecular weight is 340 g/mol. The van der Waals surface area contributed by atoms with Crippen LogP contribution in [0.15, 0.2) is 22.7 Å². The monoisotopic (exact) mass is 339 g/mol. The second-order valence-corrected chi connectivity index (χ2v) is 6.45. The summed E-state index contributed by atoms with van der Waals surface area (Å²) in [6, 6.07) is 5.65. The summed E-state index contributed by atoms with van der Waals surface area (Å²) < 4.78 is 0.809. The number of aliphatic carboxylic acids is 1. The van der Waals surface area contributed by atoms with E-state index < -0.39 is 17.8 Å². The zero-order valence-electron chi connectivity index (χ0n) is 11.5. The highest BCUT2D eigenvalue weighted by atomic mass is 79.9. The topological polar surface area (TPSA) is 66.4 Å². The second kappa shape index (κ2) is 5.95. The van der Waals surface area contributed by atoms with E-state index in [-0.39, 0.29) is 11.8 Å². The summed E-state index contributed by atoms with van der Waals surface area (Å²) in [5.74, 6) is -1.83. The van der Waals surface area contributed by atoms with E-state index in [2.05, 4.69) is 21.2 Å². The molecule has 0 aliphatic heterocycles. The normalized spacial score (nSPS) is 25.4. The molecule has 1 saturated carbocycles. The SMILES string of the molecule is Cc1ccc(NC(=O)C2CC(C)CC2C(=O)O)c(Br)c1. The van der Waals surface area contributed by atoms with E-state index in [1.165, 1.54) is 0 Å². The number of rotatable bonds is 3. The number of carbonyl (C=O) groups excluding carboxylic acids is 1. The molecule has 0 bridgehead atoms. The lowest BCUT2D eigenvalue weighted by Crippen LogP contribution is -2.30. The van der Waals surface area contributed by atoms with Crippen molar-refractivity contribution < 1.29 is 14.7 Å². The standard InChI is InChI=1S/C15H18BrNO3/c1-8-3-4-13(12(16)7-8)17-14(18)10-5-9(2)6-11(10)15(19)20/h3-4,7,9-11H,5-6H2,1-2H3,(H,17,18)(H,19,20). The largest absolute Gasteiger partial charge is 0.481 e. The van der Waals surface area contributed by atoms with Gasteiger partial charge in [0, 0.05) is 4.47 Å². The number of hydrogen-bond acceptors (Lipinski definition) is 2. The van der Waals surface area contributed by atoms with Crippen LogP contribution in [0.3, 0.4) is 0 Å². The first-order chi connectivity index (χ1) is 9.38. The van der Waals surface area contributed by atoms with Crippen LogP contribution in [0.2, 0.25) is 0 Å². The molecule has 0 spiro atoms. The van der Waals surface area contributed by atoms with Crippen LogP contribution < -0.4 is 5.32 Å². The highest BCUT2D eigenvalue weighted by Gasteiger charge is 2.41. The van der Waals surface area contributed by atoms with Gasteiger partial charge < -0.3 is 10.4 Å². The maximum absolute atomic E-state index is 12.3. The molecule has 4 nitrogen and oxygen atoms in total. The predicted molar refractivity (Wildman–Crippen MR) is 80.5 cm³/mol. The van der Waals surface area contributed by atoms with Gasteiger partial charge >= 0.3 is 5.97 Å². The maximum Gasteiger partial charge on any atom is 0.307 e. The van der Waals surface area contributed by atoms with Crippen LogP contribution >= 0.6 is 15.9 Å². The van der Waals surface area contributed by atoms with Crippen molar-refractivity contribution in [2.75, 3.05) is 5.32 Å². The Balaban J connectivity index is 2.13. The van der Waals surface area contributed by atoms with Crippen molar-refractivity contribution in [1.29, 1.82) is 0 Å². The average Bonchev–Trinajstić information content (AvgIpc) is 2.75. The van der Waals surface area contributed by atoms with Gasteiger partial charge in [-0.3, -0.25) is 9.59 Å². The summed E-state index contributed by atoms with van der Waals surface area (Å²) in [4.78, 5) is 23.6. The number of aryl methyl sites for hydroxylation is 1. The number of carboxylic acid groups (broad SMARTS) is 1. The first-order valence-corrected chi connectivity index (χ1v) is 7.47. The Morgan fingerprint density at radius 2 is 1.95 bits per heavy atom. The molecule has 0 radical (unpaired) electrons. The van der Waals surface area contributed by atoms with E-state index >= 15 is 0 Å². The van der Waals surface area contributed by atoms with E-state index in [1.54, 1.807) is 0 Å². The molecule has 5 heteroatoms. The van der Waals surface area contributed by atoms with Crippen molar-refractivity contribution in [1.82, 2.24) is 0 Å². The molecule has 1 aliphatic carbocycles. The van der Waals surface area contributed by atoms with Crippen LogP contribution in [-0.4, -0.2) is 17.0 Å². The molecule has 1 aromatic rings. The van der Waals surface area contributed by atoms with Gasteiger partial charge in [-0.05, 0) is 59.3 Å². The minimum absolute atomic E-state index is 0.202. The number of benzene rings is 1. The Labute approximate surface area is 126 Å². The van der Waals surface area contributed by atoms with Crippen LogP contribution in [0.4, 0.5) is 5.69 Å². The first-order valence-electron chi connectivity index (χ1n) is 6.68. The molecule has 1 aromatic carbocycles. The number of hydrogen-bond donors (Lipinski definition) is 2. The summed E-state index contributed by atoms with van der Waals surface area (Å²) in [5, 5.41) is 12.1. The van der Waals surface area contributed by atoms with Crippen molar-refractivity contribution >= 4 is 33.5 Å². The minimum Gasteiger partial charge on any atom is -0.481 e. The van der Waals surface area contributed by atoms with Crippen molar-refractivity contribution in [3.63, 3.8) is 0 Å². The number of amides is 1. The molecule has 3 atom stereocenters. The Kier molecular flexibility index (Phi) is 4.48. The molecular formula is C15H18BrNO3. The Morgan fingerprint density at radius 1 is 1.30 bits per heavy atom. The second-order valence-electron chi connectivity index (χ2n) is 5.60. The van der Waals surface area contributed by atoms with Gasteiger partial charge in [-0.25, -0.2) is 0 Å². The lowest BCUT2D eigenvalue weighted by atomic mass is 9.95. The van der Waals surface area contributed by atoms with Gasteiger partial charge in [0.1, 0.15) is 0 Å². The lowest BCUT2D eigenvalue weighted by molar-refractivity contribution is -0.145. The molecule has 2 rings (SSSR count). The van der Waals surface area contributed by atoms with Crippen molar-refractivity contribution in [3.05, 3.63) is 28.2 Å². The zero-order valence-corrected chi connectivity index (χ0v) is 13.1. The Morgan fingerprint density at radius 3 is 2.55 bits per heavy atom. The third kappa shape index (κ3) is 3.20. The molecule has 0 heterocycles. The first kappa shape index (κ1) is 15.0. The van der Waals surface area contributed by atoms with Crippen LogP contribution in [0.1, 0.15) is 25.3 Å². The molecule has 1 aliphatic rings. The van der Waals surface area contributed by atoms with E-state index in [0.29, 0.717) is 18.5 Å². The highest BCUT2D eigenvalue weighted by Crippen LogP contribution is 2.37. The van der Waals surface area contributed by atoms with Crippen LogP contribution in [-0.2, 0) is 9.59 Å². The lowest BCUT2D eigenvalue weighted by Gasteiger charge is -2.16. The number of anilines is 1. The Bertz CT molecular complexity index is 544. The van der Waals surface area contributed by atoms with Gasteiger partial charge in [0.25, 0.3) is 0 Å². The Hall–Kier alpha value is -1.36. The molecule has 20 heavy (non-hydrogen) atoms. The third-order valence-corrected chi connectivity index (χ3v) is 4.49.